The van der Waals surface area contributed by atoms with Crippen LogP contribution in [0.3, 0.4) is 0 Å². The molecule has 1 aromatic heterocycles. The maximum atomic E-state index is 11.3. The average molecular weight is 242 g/mol. The fourth-order valence-corrected chi connectivity index (χ4v) is 1.39. The predicted molar refractivity (Wildman–Crippen MR) is 63.4 cm³/mol. The van der Waals surface area contributed by atoms with Crippen molar-refractivity contribution in [2.75, 3.05) is 13.7 Å². The third kappa shape index (κ3) is 2.18. The summed E-state index contributed by atoms with van der Waals surface area (Å²) in [4.78, 5) is 11.3. The summed E-state index contributed by atoms with van der Waals surface area (Å²) in [7, 11) is 1.59. The normalized spacial score (nSPS) is 9.88. The molecule has 2 aromatic rings. The molecule has 0 saturated carbocycles. The number of hydrogen-bond donors (Lipinski definition) is 1. The maximum absolute atomic E-state index is 11.3. The lowest BCUT2D eigenvalue weighted by Crippen LogP contribution is -2.12. The molecule has 4 nitrogen and oxygen atoms in total. The van der Waals surface area contributed by atoms with Crippen LogP contribution in [0.5, 0.6) is 5.75 Å². The molecule has 5 heteroatoms. The summed E-state index contributed by atoms with van der Waals surface area (Å²) in [5, 5.41) is 0.839. The largest absolute Gasteiger partial charge is 0.497 e. The predicted octanol–water partition coefficient (Wildman–Crippen LogP) is 2.00. The van der Waals surface area contributed by atoms with Crippen LogP contribution in [0, 0.1) is 0 Å². The highest BCUT2D eigenvalue weighted by Gasteiger charge is 2.10. The molecule has 1 aromatic carbocycles. The highest BCUT2D eigenvalue weighted by molar-refractivity contribution is 5.98. The van der Waals surface area contributed by atoms with Crippen molar-refractivity contribution in [1.82, 2.24) is 0 Å². The van der Waals surface area contributed by atoms with E-state index in [4.69, 9.17) is 14.9 Å². The van der Waals surface area contributed by atoms with Gasteiger partial charge in [0.15, 0.2) is 5.76 Å². The van der Waals surface area contributed by atoms with Crippen molar-refractivity contribution in [2.45, 2.75) is 0 Å². The molecule has 0 radical (unpaired) electrons. The number of nitrogens with two attached hydrogens (primary N) is 1. The summed E-state index contributed by atoms with van der Waals surface area (Å²) in [6, 6.07) is 7.03. The summed E-state index contributed by atoms with van der Waals surface area (Å²) in [6.07, 6.45) is 0. The molecule has 0 bridgehead atoms. The number of ketones is 1. The minimum Gasteiger partial charge on any atom is -0.497 e. The smallest absolute Gasteiger partial charge is 0.211 e. The van der Waals surface area contributed by atoms with Gasteiger partial charge in [0.25, 0.3) is 0 Å². The molecule has 86 valence electrons. The minimum absolute atomic E-state index is 0. The Morgan fingerprint density at radius 1 is 1.44 bits per heavy atom. The van der Waals surface area contributed by atoms with Crippen molar-refractivity contribution < 1.29 is 13.9 Å². The fraction of sp³-hybridized carbons (Fsp3) is 0.182. The molecule has 2 rings (SSSR count). The first-order valence-corrected chi connectivity index (χ1v) is 4.55. The second-order valence-electron chi connectivity index (χ2n) is 3.14. The molecule has 0 aliphatic carbocycles. The molecule has 2 N–H and O–H groups in total. The zero-order chi connectivity index (χ0) is 10.8. The Morgan fingerprint density at radius 2 is 2.19 bits per heavy atom. The Bertz CT molecular complexity index is 507. The molecule has 0 aliphatic rings. The van der Waals surface area contributed by atoms with Crippen molar-refractivity contribution in [3.8, 4) is 5.75 Å². The first kappa shape index (κ1) is 12.5. The van der Waals surface area contributed by atoms with E-state index in [9.17, 15) is 4.79 Å². The van der Waals surface area contributed by atoms with Crippen molar-refractivity contribution >= 4 is 29.2 Å². The van der Waals surface area contributed by atoms with E-state index in [0.717, 1.165) is 11.1 Å². The topological polar surface area (TPSA) is 65.5 Å². The number of methoxy groups -OCH3 is 1. The molecule has 0 fully saturated rings. The summed E-state index contributed by atoms with van der Waals surface area (Å²) in [6.45, 7) is -0.0447. The van der Waals surface area contributed by atoms with Gasteiger partial charge in [-0.25, -0.2) is 0 Å². The maximum Gasteiger partial charge on any atom is 0.211 e. The number of rotatable bonds is 3. The van der Waals surface area contributed by atoms with Crippen LogP contribution < -0.4 is 10.5 Å². The van der Waals surface area contributed by atoms with E-state index in [1.54, 1.807) is 25.3 Å². The van der Waals surface area contributed by atoms with Gasteiger partial charge in [-0.3, -0.25) is 4.79 Å². The number of fused-ring (bicyclic) bond motifs is 1. The molecule has 0 aliphatic heterocycles. The lowest BCUT2D eigenvalue weighted by molar-refractivity contribution is 0.0977. The molecule has 1 heterocycles. The Hall–Kier alpha value is -1.52. The second kappa shape index (κ2) is 5.01. The monoisotopic (exact) mass is 241 g/mol. The van der Waals surface area contributed by atoms with Gasteiger partial charge < -0.3 is 14.9 Å². The zero-order valence-electron chi connectivity index (χ0n) is 8.73. The Labute approximate surface area is 98.8 Å². The Kier molecular flexibility index (Phi) is 3.93. The summed E-state index contributed by atoms with van der Waals surface area (Å²) >= 11 is 0. The molecule has 16 heavy (non-hydrogen) atoms. The van der Waals surface area contributed by atoms with Crippen LogP contribution in [0.1, 0.15) is 10.6 Å². The van der Waals surface area contributed by atoms with Gasteiger partial charge in [-0.1, -0.05) is 0 Å². The van der Waals surface area contributed by atoms with E-state index in [1.165, 1.54) is 0 Å². The van der Waals surface area contributed by atoms with E-state index < -0.39 is 0 Å². The molecule has 0 amide bonds. The van der Waals surface area contributed by atoms with Crippen LogP contribution in [0.25, 0.3) is 11.0 Å². The second-order valence-corrected chi connectivity index (χ2v) is 3.14. The summed E-state index contributed by atoms with van der Waals surface area (Å²) < 4.78 is 10.4. The summed E-state index contributed by atoms with van der Waals surface area (Å²) in [5.74, 6) is 0.820. The molecular formula is C11H12ClNO3. The third-order valence-electron chi connectivity index (χ3n) is 2.18. The number of carbonyl (C=O) groups excluding carboxylic acids is 1. The van der Waals surface area contributed by atoms with Gasteiger partial charge in [-0.05, 0) is 24.3 Å². The van der Waals surface area contributed by atoms with Gasteiger partial charge in [-0.15, -0.1) is 12.4 Å². The van der Waals surface area contributed by atoms with E-state index in [0.29, 0.717) is 11.3 Å². The number of carbonyl (C=O) groups is 1. The number of benzene rings is 1. The molecule has 0 unspecified atom stereocenters. The van der Waals surface area contributed by atoms with Crippen LogP contribution in [0.4, 0.5) is 0 Å². The van der Waals surface area contributed by atoms with Crippen LogP contribution in [0.15, 0.2) is 28.7 Å². The Morgan fingerprint density at radius 3 is 2.81 bits per heavy atom. The minimum atomic E-state index is -0.204. The number of ether oxygens (including phenoxy) is 1. The van der Waals surface area contributed by atoms with Crippen molar-refractivity contribution in [1.29, 1.82) is 0 Å². The SMILES string of the molecule is COc1ccc2oc(C(=O)CN)cc2c1.Cl. The lowest BCUT2D eigenvalue weighted by Gasteiger charge is -1.96. The lowest BCUT2D eigenvalue weighted by atomic mass is 10.2. The van der Waals surface area contributed by atoms with Crippen LogP contribution >= 0.6 is 12.4 Å². The van der Waals surface area contributed by atoms with Gasteiger partial charge in [0.2, 0.25) is 5.78 Å². The van der Waals surface area contributed by atoms with Gasteiger partial charge in [0, 0.05) is 5.39 Å². The molecular weight excluding hydrogens is 230 g/mol. The average Bonchev–Trinajstić information content (AvgIpc) is 2.70. The standard InChI is InChI=1S/C11H11NO3.ClH/c1-14-8-2-3-10-7(4-8)5-11(15-10)9(13)6-12;/h2-5H,6,12H2,1H3;1H. The van der Waals surface area contributed by atoms with Crippen molar-refractivity contribution in [2.24, 2.45) is 5.73 Å². The molecule has 0 saturated heterocycles. The number of halogens is 1. The first-order chi connectivity index (χ1) is 7.24. The van der Waals surface area contributed by atoms with Crippen LogP contribution in [0.2, 0.25) is 0 Å². The quantitative estimate of drug-likeness (QED) is 0.835. The third-order valence-corrected chi connectivity index (χ3v) is 2.18. The van der Waals surface area contributed by atoms with Crippen LogP contribution in [-0.2, 0) is 0 Å². The van der Waals surface area contributed by atoms with Crippen molar-refractivity contribution in [3.05, 3.63) is 30.0 Å². The van der Waals surface area contributed by atoms with Gasteiger partial charge in [0.05, 0.1) is 13.7 Å². The van der Waals surface area contributed by atoms with E-state index in [-0.39, 0.29) is 24.7 Å². The van der Waals surface area contributed by atoms with Gasteiger partial charge in [0.1, 0.15) is 11.3 Å². The highest BCUT2D eigenvalue weighted by atomic mass is 35.5. The molecule has 0 atom stereocenters. The number of furan rings is 1. The Balaban J connectivity index is 0.00000128. The van der Waals surface area contributed by atoms with E-state index in [2.05, 4.69) is 0 Å². The first-order valence-electron chi connectivity index (χ1n) is 4.55. The fourth-order valence-electron chi connectivity index (χ4n) is 1.39. The van der Waals surface area contributed by atoms with Crippen LogP contribution in [-0.4, -0.2) is 19.4 Å². The van der Waals surface area contributed by atoms with Gasteiger partial charge >= 0.3 is 0 Å². The number of hydrogen-bond acceptors (Lipinski definition) is 4. The molecule has 0 spiro atoms. The zero-order valence-corrected chi connectivity index (χ0v) is 9.54. The van der Waals surface area contributed by atoms with E-state index in [1.807, 2.05) is 6.07 Å². The van der Waals surface area contributed by atoms with Crippen molar-refractivity contribution in [3.63, 3.8) is 0 Å². The highest BCUT2D eigenvalue weighted by Crippen LogP contribution is 2.24. The number of Topliss-reactive ketones (excluding diaryl/α,β-unsaturated/α-hetero) is 1. The van der Waals surface area contributed by atoms with Gasteiger partial charge in [-0.2, -0.15) is 0 Å². The summed E-state index contributed by atoms with van der Waals surface area (Å²) in [5.41, 5.74) is 5.91. The van der Waals surface area contributed by atoms with E-state index >= 15 is 0 Å².